The van der Waals surface area contributed by atoms with Gasteiger partial charge in [-0.3, -0.25) is 5.43 Å². The van der Waals surface area contributed by atoms with E-state index in [1.165, 1.54) is 5.56 Å². The van der Waals surface area contributed by atoms with Gasteiger partial charge in [0.15, 0.2) is 5.17 Å². The maximum Gasteiger partial charge on any atom is 0.182 e. The van der Waals surface area contributed by atoms with Crippen LogP contribution in [0.3, 0.4) is 0 Å². The molecule has 0 amide bonds. The van der Waals surface area contributed by atoms with Gasteiger partial charge in [-0.05, 0) is 24.1 Å². The molecular formula is C16H15N3S. The molecule has 0 unspecified atom stereocenters. The molecule has 0 fully saturated rings. The standard InChI is InChI=1S/C16H15N3S/c1-12-7-5-6-10-14(12)17-16-19-18-15(11-20-16)13-8-3-2-4-9-13/h2-10H,11H2,1H3,(H,17,19). The molecule has 3 rings (SSSR count). The number of hydrogen-bond donors (Lipinski definition) is 1. The molecule has 0 aromatic heterocycles. The molecule has 0 saturated carbocycles. The van der Waals surface area contributed by atoms with Crippen LogP contribution in [-0.4, -0.2) is 16.6 Å². The summed E-state index contributed by atoms with van der Waals surface area (Å²) in [5, 5.41) is 5.27. The lowest BCUT2D eigenvalue weighted by Crippen LogP contribution is -2.25. The maximum atomic E-state index is 4.61. The van der Waals surface area contributed by atoms with Crippen LogP contribution >= 0.6 is 11.8 Å². The summed E-state index contributed by atoms with van der Waals surface area (Å²) in [7, 11) is 0. The van der Waals surface area contributed by atoms with Gasteiger partial charge in [-0.25, -0.2) is 4.99 Å². The topological polar surface area (TPSA) is 36.8 Å². The molecule has 1 N–H and O–H groups in total. The van der Waals surface area contributed by atoms with Crippen LogP contribution in [0.4, 0.5) is 5.69 Å². The number of nitrogens with one attached hydrogen (secondary N) is 1. The first-order valence-corrected chi connectivity index (χ1v) is 7.46. The zero-order valence-electron chi connectivity index (χ0n) is 11.2. The Bertz CT molecular complexity index is 662. The molecule has 0 spiro atoms. The first-order chi connectivity index (χ1) is 9.83. The van der Waals surface area contributed by atoms with E-state index in [-0.39, 0.29) is 0 Å². The lowest BCUT2D eigenvalue weighted by molar-refractivity contribution is 1.03. The van der Waals surface area contributed by atoms with Crippen molar-refractivity contribution in [2.24, 2.45) is 10.1 Å². The predicted octanol–water partition coefficient (Wildman–Crippen LogP) is 3.72. The van der Waals surface area contributed by atoms with E-state index in [0.717, 1.165) is 27.9 Å². The summed E-state index contributed by atoms with van der Waals surface area (Å²) in [6.45, 7) is 2.06. The second kappa shape index (κ2) is 5.92. The zero-order chi connectivity index (χ0) is 13.8. The number of amidine groups is 1. The molecule has 2 aromatic carbocycles. The molecule has 3 nitrogen and oxygen atoms in total. The molecule has 1 aliphatic rings. The first kappa shape index (κ1) is 12.9. The fourth-order valence-electron chi connectivity index (χ4n) is 1.95. The molecular weight excluding hydrogens is 266 g/mol. The Morgan fingerprint density at radius 2 is 1.80 bits per heavy atom. The third kappa shape index (κ3) is 2.91. The Labute approximate surface area is 122 Å². The number of benzene rings is 2. The summed E-state index contributed by atoms with van der Waals surface area (Å²) >= 11 is 1.68. The zero-order valence-corrected chi connectivity index (χ0v) is 12.0. The molecule has 0 atom stereocenters. The van der Waals surface area contributed by atoms with Crippen LogP contribution in [0.5, 0.6) is 0 Å². The van der Waals surface area contributed by atoms with Gasteiger partial charge in [0.1, 0.15) is 0 Å². The van der Waals surface area contributed by atoms with Gasteiger partial charge in [-0.1, -0.05) is 60.3 Å². The predicted molar refractivity (Wildman–Crippen MR) is 86.8 cm³/mol. The fourth-order valence-corrected chi connectivity index (χ4v) is 2.73. The highest BCUT2D eigenvalue weighted by molar-refractivity contribution is 8.14. The van der Waals surface area contributed by atoms with Crippen LogP contribution in [-0.2, 0) is 0 Å². The first-order valence-electron chi connectivity index (χ1n) is 6.48. The van der Waals surface area contributed by atoms with Crippen LogP contribution in [0, 0.1) is 6.92 Å². The second-order valence-corrected chi connectivity index (χ2v) is 5.49. The Morgan fingerprint density at radius 3 is 2.50 bits per heavy atom. The minimum Gasteiger partial charge on any atom is -0.255 e. The van der Waals surface area contributed by atoms with Crippen molar-refractivity contribution in [2.75, 3.05) is 5.75 Å². The van der Waals surface area contributed by atoms with Gasteiger partial charge in [0.05, 0.1) is 11.4 Å². The van der Waals surface area contributed by atoms with Crippen molar-refractivity contribution < 1.29 is 0 Å². The molecule has 20 heavy (non-hydrogen) atoms. The number of aryl methyl sites for hydroxylation is 1. The Kier molecular flexibility index (Phi) is 3.83. The number of aliphatic imine (C=N–C) groups is 1. The highest BCUT2D eigenvalue weighted by Crippen LogP contribution is 2.21. The number of hydrogen-bond acceptors (Lipinski definition) is 3. The summed E-state index contributed by atoms with van der Waals surface area (Å²) in [6.07, 6.45) is 0. The van der Waals surface area contributed by atoms with E-state index >= 15 is 0 Å². The molecule has 0 aliphatic carbocycles. The number of para-hydroxylation sites is 1. The van der Waals surface area contributed by atoms with Crippen molar-refractivity contribution >= 4 is 28.3 Å². The van der Waals surface area contributed by atoms with Crippen LogP contribution < -0.4 is 5.43 Å². The summed E-state index contributed by atoms with van der Waals surface area (Å²) in [5.41, 5.74) is 7.41. The SMILES string of the molecule is Cc1ccccc1N=C1NN=C(c2ccccc2)CS1. The minimum atomic E-state index is 0.835. The van der Waals surface area contributed by atoms with Gasteiger partial charge in [0, 0.05) is 5.75 Å². The highest BCUT2D eigenvalue weighted by Gasteiger charge is 2.12. The summed E-state index contributed by atoms with van der Waals surface area (Å²) in [5.74, 6) is 0.835. The Balaban J connectivity index is 1.78. The number of nitrogens with zero attached hydrogens (tertiary/aromatic N) is 2. The van der Waals surface area contributed by atoms with Crippen LogP contribution in [0.1, 0.15) is 11.1 Å². The molecule has 2 aromatic rings. The van der Waals surface area contributed by atoms with E-state index in [0.29, 0.717) is 0 Å². The van der Waals surface area contributed by atoms with Gasteiger partial charge < -0.3 is 0 Å². The fraction of sp³-hybridized carbons (Fsp3) is 0.125. The third-order valence-electron chi connectivity index (χ3n) is 3.08. The van der Waals surface area contributed by atoms with Crippen LogP contribution in [0.2, 0.25) is 0 Å². The molecule has 0 radical (unpaired) electrons. The number of thioether (sulfide) groups is 1. The van der Waals surface area contributed by atoms with Crippen molar-refractivity contribution in [1.29, 1.82) is 0 Å². The van der Waals surface area contributed by atoms with Crippen molar-refractivity contribution in [3.05, 3.63) is 65.7 Å². The van der Waals surface area contributed by atoms with E-state index in [4.69, 9.17) is 0 Å². The van der Waals surface area contributed by atoms with E-state index in [1.807, 2.05) is 36.4 Å². The normalized spacial score (nSPS) is 16.6. The lowest BCUT2D eigenvalue weighted by Gasteiger charge is -2.15. The summed E-state index contributed by atoms with van der Waals surface area (Å²) in [6, 6.07) is 18.3. The van der Waals surface area contributed by atoms with Gasteiger partial charge in [0.25, 0.3) is 0 Å². The highest BCUT2D eigenvalue weighted by atomic mass is 32.2. The van der Waals surface area contributed by atoms with E-state index in [2.05, 4.69) is 40.6 Å². The van der Waals surface area contributed by atoms with E-state index in [9.17, 15) is 0 Å². The van der Waals surface area contributed by atoms with Crippen molar-refractivity contribution in [3.63, 3.8) is 0 Å². The Hall–Kier alpha value is -2.07. The monoisotopic (exact) mass is 281 g/mol. The van der Waals surface area contributed by atoms with Gasteiger partial charge in [0.2, 0.25) is 0 Å². The summed E-state index contributed by atoms with van der Waals surface area (Å²) in [4.78, 5) is 4.61. The lowest BCUT2D eigenvalue weighted by atomic mass is 10.1. The van der Waals surface area contributed by atoms with Crippen molar-refractivity contribution in [2.45, 2.75) is 6.92 Å². The van der Waals surface area contributed by atoms with Gasteiger partial charge in [-0.2, -0.15) is 5.10 Å². The minimum absolute atomic E-state index is 0.835. The van der Waals surface area contributed by atoms with E-state index in [1.54, 1.807) is 11.8 Å². The maximum absolute atomic E-state index is 4.61. The van der Waals surface area contributed by atoms with Crippen molar-refractivity contribution in [1.82, 2.24) is 5.43 Å². The molecule has 0 bridgehead atoms. The van der Waals surface area contributed by atoms with E-state index < -0.39 is 0 Å². The number of rotatable bonds is 2. The smallest absolute Gasteiger partial charge is 0.182 e. The molecule has 100 valence electrons. The molecule has 4 heteroatoms. The largest absolute Gasteiger partial charge is 0.255 e. The van der Waals surface area contributed by atoms with Gasteiger partial charge in [-0.15, -0.1) is 0 Å². The Morgan fingerprint density at radius 1 is 1.05 bits per heavy atom. The summed E-state index contributed by atoms with van der Waals surface area (Å²) < 4.78 is 0. The number of hydrazone groups is 1. The molecule has 0 saturated heterocycles. The second-order valence-electron chi connectivity index (χ2n) is 4.53. The van der Waals surface area contributed by atoms with Crippen LogP contribution in [0.15, 0.2) is 64.7 Å². The van der Waals surface area contributed by atoms with Crippen LogP contribution in [0.25, 0.3) is 0 Å². The quantitative estimate of drug-likeness (QED) is 0.910. The van der Waals surface area contributed by atoms with Gasteiger partial charge >= 0.3 is 0 Å². The molecule has 1 heterocycles. The third-order valence-corrected chi connectivity index (χ3v) is 3.95. The average molecular weight is 281 g/mol. The molecule has 1 aliphatic heterocycles. The average Bonchev–Trinajstić information content (AvgIpc) is 2.51. The van der Waals surface area contributed by atoms with Crippen molar-refractivity contribution in [3.8, 4) is 0 Å².